The highest BCUT2D eigenvalue weighted by Gasteiger charge is 2.23. The van der Waals surface area contributed by atoms with Crippen LogP contribution in [0, 0.1) is 11.7 Å². The number of amides is 1. The van der Waals surface area contributed by atoms with Gasteiger partial charge in [0.15, 0.2) is 0 Å². The summed E-state index contributed by atoms with van der Waals surface area (Å²) >= 11 is 0. The molecule has 0 aromatic heterocycles. The number of halogens is 1. The van der Waals surface area contributed by atoms with Gasteiger partial charge < -0.3 is 5.32 Å². The van der Waals surface area contributed by atoms with Crippen LogP contribution in [0.1, 0.15) is 42.0 Å². The van der Waals surface area contributed by atoms with Gasteiger partial charge >= 0.3 is 0 Å². The number of likely N-dealkylation sites (tertiary alicyclic amines) is 1. The Morgan fingerprint density at radius 2 is 1.52 bits per heavy atom. The van der Waals surface area contributed by atoms with Gasteiger partial charge in [0, 0.05) is 13.0 Å². The van der Waals surface area contributed by atoms with Crippen molar-refractivity contribution in [2.75, 3.05) is 19.6 Å². The minimum absolute atomic E-state index is 0.0515. The maximum atomic E-state index is 13.4. The number of piperidine rings is 1. The Morgan fingerprint density at radius 3 is 2.18 bits per heavy atom. The van der Waals surface area contributed by atoms with Gasteiger partial charge in [0.05, 0.1) is 6.04 Å². The highest BCUT2D eigenvalue weighted by Crippen LogP contribution is 2.25. The fourth-order valence-electron chi connectivity index (χ4n) is 4.42. The van der Waals surface area contributed by atoms with Crippen LogP contribution in [0.3, 0.4) is 0 Å². The molecule has 1 N–H and O–H groups in total. The summed E-state index contributed by atoms with van der Waals surface area (Å²) in [6.07, 6.45) is 6.96. The second-order valence-electron chi connectivity index (χ2n) is 8.72. The van der Waals surface area contributed by atoms with Crippen molar-refractivity contribution in [2.24, 2.45) is 5.92 Å². The normalized spacial score (nSPS) is 16.0. The molecule has 0 radical (unpaired) electrons. The van der Waals surface area contributed by atoms with Crippen molar-refractivity contribution in [3.63, 3.8) is 0 Å². The number of nitrogens with one attached hydrogen (secondary N) is 1. The van der Waals surface area contributed by atoms with E-state index in [0.717, 1.165) is 43.6 Å². The zero-order valence-electron chi connectivity index (χ0n) is 18.9. The lowest BCUT2D eigenvalue weighted by Gasteiger charge is -2.31. The van der Waals surface area contributed by atoms with Crippen LogP contribution in [0.15, 0.2) is 91.0 Å². The Labute approximate surface area is 196 Å². The molecular weight excluding hydrogens is 411 g/mol. The molecule has 1 aliphatic heterocycles. The molecule has 0 saturated carbocycles. The lowest BCUT2D eigenvalue weighted by molar-refractivity contribution is -0.122. The number of hydrogen-bond acceptors (Lipinski definition) is 2. The Bertz CT molecular complexity index is 1030. The molecular formula is C29H31FN2O. The fraction of sp³-hybridized carbons (Fsp3) is 0.276. The summed E-state index contributed by atoms with van der Waals surface area (Å²) in [5.74, 6) is 0.168. The fourth-order valence-corrected chi connectivity index (χ4v) is 4.42. The number of rotatable bonds is 8. The molecule has 0 bridgehead atoms. The molecule has 3 nitrogen and oxygen atoms in total. The first kappa shape index (κ1) is 22.9. The minimum atomic E-state index is -0.276. The standard InChI is InChI=1S/C29H31FN2O/c30-27-15-13-26(14-16-27)29(25-11-5-2-6-12-25)31-28(33)22-24-17-20-32(21-18-24)19-7-10-23-8-3-1-4-9-23/h1-16,24,29H,17-22H2,(H,31,33)/b10-7+. The van der Waals surface area contributed by atoms with E-state index >= 15 is 0 Å². The van der Waals surface area contributed by atoms with Gasteiger partial charge in [0.25, 0.3) is 0 Å². The van der Waals surface area contributed by atoms with Gasteiger partial charge in [-0.3, -0.25) is 9.69 Å². The minimum Gasteiger partial charge on any atom is -0.345 e. The quantitative estimate of drug-likeness (QED) is 0.475. The third-order valence-corrected chi connectivity index (χ3v) is 6.30. The first-order chi connectivity index (χ1) is 16.2. The summed E-state index contributed by atoms with van der Waals surface area (Å²) < 4.78 is 13.4. The molecule has 1 unspecified atom stereocenters. The van der Waals surface area contributed by atoms with Gasteiger partial charge in [0.2, 0.25) is 5.91 Å². The van der Waals surface area contributed by atoms with Gasteiger partial charge in [-0.15, -0.1) is 0 Å². The monoisotopic (exact) mass is 442 g/mol. The number of carbonyl (C=O) groups excluding carboxylic acids is 1. The van der Waals surface area contributed by atoms with E-state index in [1.165, 1.54) is 17.7 Å². The molecule has 1 fully saturated rings. The first-order valence-electron chi connectivity index (χ1n) is 11.7. The van der Waals surface area contributed by atoms with E-state index in [0.29, 0.717) is 12.3 Å². The number of hydrogen-bond donors (Lipinski definition) is 1. The van der Waals surface area contributed by atoms with Crippen LogP contribution in [0.5, 0.6) is 0 Å². The van der Waals surface area contributed by atoms with Crippen molar-refractivity contribution < 1.29 is 9.18 Å². The molecule has 0 spiro atoms. The zero-order chi connectivity index (χ0) is 22.9. The Balaban J connectivity index is 1.28. The predicted octanol–water partition coefficient (Wildman–Crippen LogP) is 5.85. The molecule has 0 aliphatic carbocycles. The molecule has 3 aromatic carbocycles. The smallest absolute Gasteiger partial charge is 0.221 e. The molecule has 1 aliphatic rings. The second-order valence-corrected chi connectivity index (χ2v) is 8.72. The van der Waals surface area contributed by atoms with Crippen LogP contribution < -0.4 is 5.32 Å². The highest BCUT2D eigenvalue weighted by atomic mass is 19.1. The van der Waals surface area contributed by atoms with Crippen molar-refractivity contribution >= 4 is 12.0 Å². The van der Waals surface area contributed by atoms with Crippen LogP contribution in [-0.2, 0) is 4.79 Å². The van der Waals surface area contributed by atoms with E-state index in [-0.39, 0.29) is 17.8 Å². The van der Waals surface area contributed by atoms with E-state index in [2.05, 4.69) is 46.6 Å². The Hall–Kier alpha value is -3.24. The average Bonchev–Trinajstić information content (AvgIpc) is 2.85. The lowest BCUT2D eigenvalue weighted by atomic mass is 9.92. The van der Waals surface area contributed by atoms with Crippen LogP contribution in [0.2, 0.25) is 0 Å². The number of nitrogens with zero attached hydrogens (tertiary/aromatic N) is 1. The topological polar surface area (TPSA) is 32.3 Å². The number of benzene rings is 3. The van der Waals surface area contributed by atoms with E-state index < -0.39 is 0 Å². The van der Waals surface area contributed by atoms with Crippen LogP contribution >= 0.6 is 0 Å². The summed E-state index contributed by atoms with van der Waals surface area (Å²) in [4.78, 5) is 15.4. The predicted molar refractivity (Wildman–Crippen MR) is 132 cm³/mol. The van der Waals surface area contributed by atoms with Crippen LogP contribution in [0.25, 0.3) is 6.08 Å². The molecule has 170 valence electrons. The van der Waals surface area contributed by atoms with Gasteiger partial charge in [0.1, 0.15) is 5.82 Å². The molecule has 4 rings (SSSR count). The van der Waals surface area contributed by atoms with Gasteiger partial charge in [-0.2, -0.15) is 0 Å². The Kier molecular flexibility index (Phi) is 8.04. The lowest BCUT2D eigenvalue weighted by Crippen LogP contribution is -2.36. The summed E-state index contributed by atoms with van der Waals surface area (Å²) in [6, 6.07) is 26.3. The van der Waals surface area contributed by atoms with E-state index in [4.69, 9.17) is 0 Å². The highest BCUT2D eigenvalue weighted by molar-refractivity contribution is 5.77. The molecule has 1 amide bonds. The van der Waals surface area contributed by atoms with Gasteiger partial charge in [-0.25, -0.2) is 4.39 Å². The van der Waals surface area contributed by atoms with Gasteiger partial charge in [-0.1, -0.05) is 84.9 Å². The van der Waals surface area contributed by atoms with Gasteiger partial charge in [-0.05, 0) is 60.7 Å². The molecule has 4 heteroatoms. The molecule has 1 atom stereocenters. The summed E-state index contributed by atoms with van der Waals surface area (Å²) in [7, 11) is 0. The third kappa shape index (κ3) is 6.87. The molecule has 3 aromatic rings. The molecule has 33 heavy (non-hydrogen) atoms. The van der Waals surface area contributed by atoms with Crippen molar-refractivity contribution in [1.82, 2.24) is 10.2 Å². The van der Waals surface area contributed by atoms with E-state index in [9.17, 15) is 9.18 Å². The van der Waals surface area contributed by atoms with Crippen molar-refractivity contribution in [3.8, 4) is 0 Å². The maximum Gasteiger partial charge on any atom is 0.221 e. The van der Waals surface area contributed by atoms with Crippen molar-refractivity contribution in [1.29, 1.82) is 0 Å². The van der Waals surface area contributed by atoms with Crippen molar-refractivity contribution in [2.45, 2.75) is 25.3 Å². The SMILES string of the molecule is O=C(CC1CCN(C/C=C/c2ccccc2)CC1)NC(c1ccccc1)c1ccc(F)cc1. The van der Waals surface area contributed by atoms with E-state index in [1.807, 2.05) is 36.4 Å². The molecule has 1 heterocycles. The first-order valence-corrected chi connectivity index (χ1v) is 11.7. The van der Waals surface area contributed by atoms with E-state index in [1.54, 1.807) is 12.1 Å². The van der Waals surface area contributed by atoms with Crippen LogP contribution in [-0.4, -0.2) is 30.4 Å². The average molecular weight is 443 g/mol. The maximum absolute atomic E-state index is 13.4. The Morgan fingerprint density at radius 1 is 0.909 bits per heavy atom. The van der Waals surface area contributed by atoms with Crippen LogP contribution in [0.4, 0.5) is 4.39 Å². The summed E-state index contributed by atoms with van der Waals surface area (Å²) in [5, 5.41) is 3.19. The largest absolute Gasteiger partial charge is 0.345 e. The zero-order valence-corrected chi connectivity index (χ0v) is 18.9. The van der Waals surface area contributed by atoms with Crippen molar-refractivity contribution in [3.05, 3.63) is 114 Å². The third-order valence-electron chi connectivity index (χ3n) is 6.30. The molecule has 1 saturated heterocycles. The summed E-state index contributed by atoms with van der Waals surface area (Å²) in [5.41, 5.74) is 3.10. The summed E-state index contributed by atoms with van der Waals surface area (Å²) in [6.45, 7) is 2.96. The second kappa shape index (κ2) is 11.6. The number of carbonyl (C=O) groups is 1.